The molecule has 1 aliphatic rings. The molecule has 0 saturated heterocycles. The molecule has 0 unspecified atom stereocenters. The third kappa shape index (κ3) is 2.06. The topological polar surface area (TPSA) is 105 Å². The SMILES string of the molecule is NC(=O)c1cccc2c1-c1cccc(c1C(N)=O)OCO2. The standard InChI is InChI=1S/C15H12N2O4/c16-14(18)9-4-2-5-10-12(9)8-3-1-6-11(21-7-20-10)13(8)15(17)19/h1-6H,7H2,(H2,16,18)(H2,17,19). The Morgan fingerprint density at radius 1 is 0.905 bits per heavy atom. The van der Waals surface area contributed by atoms with Crippen LogP contribution in [0.25, 0.3) is 11.1 Å². The van der Waals surface area contributed by atoms with Gasteiger partial charge < -0.3 is 20.9 Å². The summed E-state index contributed by atoms with van der Waals surface area (Å²) in [6.07, 6.45) is 0. The molecule has 21 heavy (non-hydrogen) atoms. The predicted molar refractivity (Wildman–Crippen MR) is 75.0 cm³/mol. The number of carbonyl (C=O) groups is 2. The van der Waals surface area contributed by atoms with Crippen LogP contribution < -0.4 is 20.9 Å². The molecule has 0 radical (unpaired) electrons. The lowest BCUT2D eigenvalue weighted by atomic mass is 9.93. The van der Waals surface area contributed by atoms with E-state index in [0.29, 0.717) is 22.6 Å². The number of carbonyl (C=O) groups excluding carboxylic acids is 2. The van der Waals surface area contributed by atoms with Crippen molar-refractivity contribution in [2.24, 2.45) is 11.5 Å². The van der Waals surface area contributed by atoms with Crippen LogP contribution in [0.4, 0.5) is 0 Å². The van der Waals surface area contributed by atoms with E-state index in [1.54, 1.807) is 36.4 Å². The molecule has 1 heterocycles. The van der Waals surface area contributed by atoms with E-state index in [1.165, 1.54) is 0 Å². The number of hydrogen-bond acceptors (Lipinski definition) is 4. The van der Waals surface area contributed by atoms with Crippen LogP contribution in [0.3, 0.4) is 0 Å². The van der Waals surface area contributed by atoms with Gasteiger partial charge in [-0.1, -0.05) is 18.2 Å². The summed E-state index contributed by atoms with van der Waals surface area (Å²) < 4.78 is 10.9. The van der Waals surface area contributed by atoms with E-state index in [1.807, 2.05) is 0 Å². The highest BCUT2D eigenvalue weighted by molar-refractivity contribution is 6.08. The molecule has 2 amide bonds. The molecule has 0 atom stereocenters. The summed E-state index contributed by atoms with van der Waals surface area (Å²) in [7, 11) is 0. The largest absolute Gasteiger partial charge is 0.457 e. The van der Waals surface area contributed by atoms with Crippen LogP contribution in [0.5, 0.6) is 11.5 Å². The zero-order chi connectivity index (χ0) is 15.0. The molecule has 0 fully saturated rings. The maximum atomic E-state index is 11.8. The van der Waals surface area contributed by atoms with Gasteiger partial charge in [-0.05, 0) is 18.2 Å². The Balaban J connectivity index is 2.41. The highest BCUT2D eigenvalue weighted by Gasteiger charge is 2.25. The zero-order valence-corrected chi connectivity index (χ0v) is 11.0. The van der Waals surface area contributed by atoms with Crippen LogP contribution in [0.15, 0.2) is 36.4 Å². The molecule has 1 aliphatic heterocycles. The molecule has 2 aromatic rings. The number of ether oxygens (including phenoxy) is 2. The van der Waals surface area contributed by atoms with Crippen molar-refractivity contribution in [1.82, 2.24) is 0 Å². The van der Waals surface area contributed by atoms with Gasteiger partial charge in [0, 0.05) is 11.1 Å². The first kappa shape index (κ1) is 13.0. The fourth-order valence-corrected chi connectivity index (χ4v) is 2.40. The maximum absolute atomic E-state index is 11.8. The van der Waals surface area contributed by atoms with Gasteiger partial charge in [0.05, 0.1) is 11.1 Å². The van der Waals surface area contributed by atoms with Gasteiger partial charge in [-0.3, -0.25) is 9.59 Å². The summed E-state index contributed by atoms with van der Waals surface area (Å²) >= 11 is 0. The van der Waals surface area contributed by atoms with E-state index < -0.39 is 11.8 Å². The summed E-state index contributed by atoms with van der Waals surface area (Å²) in [5.74, 6) is -0.541. The molecular weight excluding hydrogens is 272 g/mol. The second-order valence-electron chi connectivity index (χ2n) is 4.49. The minimum Gasteiger partial charge on any atom is -0.457 e. The lowest BCUT2D eigenvalue weighted by molar-refractivity contribution is 0.0963. The van der Waals surface area contributed by atoms with Crippen molar-refractivity contribution >= 4 is 11.8 Å². The van der Waals surface area contributed by atoms with Crippen LogP contribution in [0, 0.1) is 0 Å². The quantitative estimate of drug-likeness (QED) is 0.866. The summed E-state index contributed by atoms with van der Waals surface area (Å²) in [5.41, 5.74) is 12.2. The van der Waals surface area contributed by atoms with Crippen molar-refractivity contribution in [3.05, 3.63) is 47.5 Å². The minimum atomic E-state index is -0.646. The number of amides is 2. The first-order valence-corrected chi connectivity index (χ1v) is 6.21. The molecule has 0 aliphatic carbocycles. The van der Waals surface area contributed by atoms with Crippen LogP contribution in [-0.2, 0) is 0 Å². The molecule has 0 spiro atoms. The van der Waals surface area contributed by atoms with E-state index in [0.717, 1.165) is 0 Å². The molecule has 2 aromatic carbocycles. The molecule has 0 aromatic heterocycles. The lowest BCUT2D eigenvalue weighted by Crippen LogP contribution is -2.20. The number of primary amides is 2. The third-order valence-corrected chi connectivity index (χ3v) is 3.26. The van der Waals surface area contributed by atoms with Gasteiger partial charge in [0.25, 0.3) is 5.91 Å². The average Bonchev–Trinajstić information content (AvgIpc) is 2.45. The fourth-order valence-electron chi connectivity index (χ4n) is 2.40. The Morgan fingerprint density at radius 2 is 1.57 bits per heavy atom. The summed E-state index contributed by atoms with van der Waals surface area (Å²) in [5, 5.41) is 0. The molecule has 6 heteroatoms. The van der Waals surface area contributed by atoms with E-state index in [9.17, 15) is 9.59 Å². The Morgan fingerprint density at radius 3 is 2.29 bits per heavy atom. The van der Waals surface area contributed by atoms with Crippen LogP contribution >= 0.6 is 0 Å². The van der Waals surface area contributed by atoms with Crippen molar-refractivity contribution in [2.75, 3.05) is 6.79 Å². The van der Waals surface area contributed by atoms with E-state index in [-0.39, 0.29) is 17.9 Å². The first-order chi connectivity index (χ1) is 10.1. The lowest BCUT2D eigenvalue weighted by Gasteiger charge is -2.21. The number of fused-ring (bicyclic) bond motifs is 4. The summed E-state index contributed by atoms with van der Waals surface area (Å²) in [6, 6.07) is 9.90. The summed E-state index contributed by atoms with van der Waals surface area (Å²) in [6.45, 7) is -0.0983. The average molecular weight is 284 g/mol. The molecule has 2 bridgehead atoms. The van der Waals surface area contributed by atoms with Crippen LogP contribution in [-0.4, -0.2) is 18.6 Å². The number of benzene rings is 2. The molecule has 6 nitrogen and oxygen atoms in total. The Labute approximate surface area is 120 Å². The molecule has 4 N–H and O–H groups in total. The highest BCUT2D eigenvalue weighted by Crippen LogP contribution is 2.40. The molecule has 0 saturated carbocycles. The molecular formula is C15H12N2O4. The van der Waals surface area contributed by atoms with E-state index >= 15 is 0 Å². The predicted octanol–water partition coefficient (Wildman–Crippen LogP) is 1.28. The van der Waals surface area contributed by atoms with Gasteiger partial charge in [-0.2, -0.15) is 0 Å². The Bertz CT molecular complexity index is 755. The van der Waals surface area contributed by atoms with Crippen molar-refractivity contribution in [1.29, 1.82) is 0 Å². The van der Waals surface area contributed by atoms with Crippen molar-refractivity contribution < 1.29 is 19.1 Å². The number of hydrogen-bond donors (Lipinski definition) is 2. The van der Waals surface area contributed by atoms with Gasteiger partial charge >= 0.3 is 0 Å². The molecule has 106 valence electrons. The second-order valence-corrected chi connectivity index (χ2v) is 4.49. The Kier molecular flexibility index (Phi) is 2.98. The van der Waals surface area contributed by atoms with Crippen molar-refractivity contribution in [3.63, 3.8) is 0 Å². The van der Waals surface area contributed by atoms with E-state index in [2.05, 4.69) is 0 Å². The fraction of sp³-hybridized carbons (Fsp3) is 0.0667. The van der Waals surface area contributed by atoms with Gasteiger partial charge in [0.2, 0.25) is 12.7 Å². The van der Waals surface area contributed by atoms with Crippen LogP contribution in [0.1, 0.15) is 20.7 Å². The second kappa shape index (κ2) is 4.82. The normalized spacial score (nSPS) is 12.2. The van der Waals surface area contributed by atoms with Crippen LogP contribution in [0.2, 0.25) is 0 Å². The smallest absolute Gasteiger partial charge is 0.253 e. The first-order valence-electron chi connectivity index (χ1n) is 6.21. The minimum absolute atomic E-state index is 0.0983. The summed E-state index contributed by atoms with van der Waals surface area (Å²) in [4.78, 5) is 23.4. The number of rotatable bonds is 2. The van der Waals surface area contributed by atoms with Gasteiger partial charge in [-0.15, -0.1) is 0 Å². The monoisotopic (exact) mass is 284 g/mol. The van der Waals surface area contributed by atoms with Crippen molar-refractivity contribution in [3.8, 4) is 22.6 Å². The number of nitrogens with two attached hydrogens (primary N) is 2. The Hall–Kier alpha value is -3.02. The van der Waals surface area contributed by atoms with Gasteiger partial charge in [0.15, 0.2) is 0 Å². The van der Waals surface area contributed by atoms with E-state index in [4.69, 9.17) is 20.9 Å². The van der Waals surface area contributed by atoms with Gasteiger partial charge in [0.1, 0.15) is 11.5 Å². The highest BCUT2D eigenvalue weighted by atomic mass is 16.7. The molecule has 3 rings (SSSR count). The third-order valence-electron chi connectivity index (χ3n) is 3.26. The zero-order valence-electron chi connectivity index (χ0n) is 11.0. The van der Waals surface area contributed by atoms with Crippen molar-refractivity contribution in [2.45, 2.75) is 0 Å². The van der Waals surface area contributed by atoms with Gasteiger partial charge in [-0.25, -0.2) is 0 Å². The maximum Gasteiger partial charge on any atom is 0.253 e.